The third-order valence-electron chi connectivity index (χ3n) is 2.01. The lowest BCUT2D eigenvalue weighted by Crippen LogP contribution is -2.01. The van der Waals surface area contributed by atoms with Gasteiger partial charge in [-0.1, -0.05) is 0 Å². The Labute approximate surface area is 93.2 Å². The van der Waals surface area contributed by atoms with Crippen LogP contribution in [0.4, 0.5) is 4.39 Å². The Morgan fingerprint density at radius 2 is 2.00 bits per heavy atom. The van der Waals surface area contributed by atoms with Crippen molar-refractivity contribution in [3.63, 3.8) is 0 Å². The number of carbonyl (C=O) groups excluding carboxylic acids is 2. The van der Waals surface area contributed by atoms with Crippen molar-refractivity contribution in [2.75, 3.05) is 13.3 Å². The summed E-state index contributed by atoms with van der Waals surface area (Å²) in [6.45, 7) is -0.529. The molecule has 1 aromatic rings. The van der Waals surface area contributed by atoms with Crippen molar-refractivity contribution in [3.05, 3.63) is 29.8 Å². The molecule has 0 aliphatic heterocycles. The second-order valence-electron chi connectivity index (χ2n) is 3.19. The number of ketones is 1. The number of rotatable bonds is 7. The van der Waals surface area contributed by atoms with Crippen LogP contribution in [0.25, 0.3) is 0 Å². The number of aldehydes is 1. The van der Waals surface area contributed by atoms with Gasteiger partial charge in [-0.15, -0.1) is 0 Å². The van der Waals surface area contributed by atoms with Crippen molar-refractivity contribution in [1.29, 1.82) is 0 Å². The molecule has 1 aromatic carbocycles. The van der Waals surface area contributed by atoms with E-state index in [0.29, 0.717) is 11.3 Å². The van der Waals surface area contributed by atoms with Crippen LogP contribution >= 0.6 is 0 Å². The molecule has 0 aliphatic carbocycles. The summed E-state index contributed by atoms with van der Waals surface area (Å²) in [5.74, 6) is 0.453. The first kappa shape index (κ1) is 12.4. The number of Topliss-reactive ketones (excluding diaryl/α,β-unsaturated/α-hetero) is 1. The van der Waals surface area contributed by atoms with Crippen molar-refractivity contribution in [3.8, 4) is 5.75 Å². The Hall–Kier alpha value is -1.71. The highest BCUT2D eigenvalue weighted by Gasteiger charge is 2.05. The van der Waals surface area contributed by atoms with E-state index in [4.69, 9.17) is 4.74 Å². The third-order valence-corrected chi connectivity index (χ3v) is 2.01. The first-order valence-corrected chi connectivity index (χ1v) is 5.03. The summed E-state index contributed by atoms with van der Waals surface area (Å²) in [6, 6.07) is 6.45. The Morgan fingerprint density at radius 1 is 1.31 bits per heavy atom. The van der Waals surface area contributed by atoms with Crippen LogP contribution in [0.5, 0.6) is 5.75 Å². The molecule has 86 valence electrons. The van der Waals surface area contributed by atoms with Crippen molar-refractivity contribution >= 4 is 12.1 Å². The summed E-state index contributed by atoms with van der Waals surface area (Å²) in [6.07, 6.45) is 1.17. The quantitative estimate of drug-likeness (QED) is 0.525. The standard InChI is InChI=1S/C12H13FO3/c13-7-9-16-11-5-3-10(4-6-11)12(15)2-1-8-14/h3-6,8H,1-2,7,9H2/i13-1. The molecule has 0 unspecified atom stereocenters. The highest BCUT2D eigenvalue weighted by Crippen LogP contribution is 2.13. The average Bonchev–Trinajstić information content (AvgIpc) is 2.34. The van der Waals surface area contributed by atoms with Crippen LogP contribution < -0.4 is 4.74 Å². The van der Waals surface area contributed by atoms with Gasteiger partial charge in [-0.2, -0.15) is 0 Å². The number of halogens is 1. The van der Waals surface area contributed by atoms with Crippen LogP contribution in [-0.2, 0) is 4.79 Å². The van der Waals surface area contributed by atoms with E-state index in [0.717, 1.165) is 6.29 Å². The van der Waals surface area contributed by atoms with Crippen molar-refractivity contribution in [2.24, 2.45) is 0 Å². The number of benzene rings is 1. The normalized spacial score (nSPS) is 9.81. The summed E-state index contributed by atoms with van der Waals surface area (Å²) in [5, 5.41) is 0. The topological polar surface area (TPSA) is 43.4 Å². The molecule has 1 rings (SSSR count). The Bertz CT molecular complexity index is 346. The lowest BCUT2D eigenvalue weighted by Gasteiger charge is -2.04. The molecule has 4 heteroatoms. The number of carbonyl (C=O) groups is 2. The van der Waals surface area contributed by atoms with Crippen LogP contribution in [0.1, 0.15) is 23.2 Å². The van der Waals surface area contributed by atoms with Gasteiger partial charge in [0.2, 0.25) is 0 Å². The van der Waals surface area contributed by atoms with Gasteiger partial charge in [0, 0.05) is 18.4 Å². The summed E-state index contributed by atoms with van der Waals surface area (Å²) in [4.78, 5) is 21.6. The molecule has 0 aromatic heterocycles. The fraction of sp³-hybridized carbons (Fsp3) is 0.333. The monoisotopic (exact) mass is 223 g/mol. The Morgan fingerprint density at radius 3 is 2.56 bits per heavy atom. The third kappa shape index (κ3) is 3.81. The molecule has 0 bridgehead atoms. The van der Waals surface area contributed by atoms with E-state index in [1.54, 1.807) is 24.3 Å². The van der Waals surface area contributed by atoms with Gasteiger partial charge in [0.25, 0.3) is 0 Å². The summed E-state index contributed by atoms with van der Waals surface area (Å²) < 4.78 is 16.8. The van der Waals surface area contributed by atoms with Gasteiger partial charge in [-0.25, -0.2) is 4.39 Å². The maximum absolute atomic E-state index is 11.8. The predicted octanol–water partition coefficient (Wildman–Crippen LogP) is 2.20. The van der Waals surface area contributed by atoms with Crippen LogP contribution in [0, 0.1) is 0 Å². The lowest BCUT2D eigenvalue weighted by atomic mass is 10.1. The largest absolute Gasteiger partial charge is 0.491 e. The lowest BCUT2D eigenvalue weighted by molar-refractivity contribution is -0.107. The van der Waals surface area contributed by atoms with E-state index in [-0.39, 0.29) is 25.2 Å². The van der Waals surface area contributed by atoms with E-state index in [9.17, 15) is 14.0 Å². The number of hydrogen-bond donors (Lipinski definition) is 0. The van der Waals surface area contributed by atoms with Gasteiger partial charge in [0.15, 0.2) is 5.78 Å². The highest BCUT2D eigenvalue weighted by atomic mass is 18.2. The van der Waals surface area contributed by atoms with E-state index < -0.39 is 6.67 Å². The average molecular weight is 223 g/mol. The van der Waals surface area contributed by atoms with Crippen LogP contribution in [0.3, 0.4) is 0 Å². The van der Waals surface area contributed by atoms with Gasteiger partial charge in [-0.05, 0) is 24.3 Å². The molecule has 0 saturated heterocycles. The zero-order chi connectivity index (χ0) is 11.8. The molecule has 0 aliphatic rings. The van der Waals surface area contributed by atoms with Gasteiger partial charge >= 0.3 is 0 Å². The van der Waals surface area contributed by atoms with E-state index in [1.807, 2.05) is 0 Å². The van der Waals surface area contributed by atoms with E-state index in [1.165, 1.54) is 0 Å². The summed E-state index contributed by atoms with van der Waals surface area (Å²) >= 11 is 0. The fourth-order valence-electron chi connectivity index (χ4n) is 1.23. The second kappa shape index (κ2) is 6.71. The fourth-order valence-corrected chi connectivity index (χ4v) is 1.23. The molecule has 3 nitrogen and oxygen atoms in total. The Balaban J connectivity index is 2.56. The maximum atomic E-state index is 11.8. The minimum Gasteiger partial charge on any atom is -0.491 e. The zero-order valence-corrected chi connectivity index (χ0v) is 8.82. The van der Waals surface area contributed by atoms with Gasteiger partial charge in [-0.3, -0.25) is 4.79 Å². The van der Waals surface area contributed by atoms with Crippen molar-refractivity contribution in [2.45, 2.75) is 12.8 Å². The number of ether oxygens (including phenoxy) is 1. The molecule has 0 saturated carbocycles. The molecule has 0 fully saturated rings. The SMILES string of the molecule is O=CCCC(=O)c1ccc(OCC[18F])cc1. The number of alkyl halides is 1. The van der Waals surface area contributed by atoms with Gasteiger partial charge in [0.1, 0.15) is 25.3 Å². The molecule has 16 heavy (non-hydrogen) atoms. The van der Waals surface area contributed by atoms with Crippen molar-refractivity contribution in [1.82, 2.24) is 0 Å². The molecule has 0 atom stereocenters. The molecule has 0 spiro atoms. The maximum Gasteiger partial charge on any atom is 0.163 e. The van der Waals surface area contributed by atoms with Crippen LogP contribution in [0.15, 0.2) is 24.3 Å². The van der Waals surface area contributed by atoms with Gasteiger partial charge in [0.05, 0.1) is 0 Å². The molecule has 0 heterocycles. The van der Waals surface area contributed by atoms with E-state index >= 15 is 0 Å². The van der Waals surface area contributed by atoms with E-state index in [2.05, 4.69) is 0 Å². The first-order valence-electron chi connectivity index (χ1n) is 5.03. The van der Waals surface area contributed by atoms with Crippen LogP contribution in [0.2, 0.25) is 0 Å². The Kier molecular flexibility index (Phi) is 5.19. The van der Waals surface area contributed by atoms with Crippen LogP contribution in [-0.4, -0.2) is 25.4 Å². The van der Waals surface area contributed by atoms with Gasteiger partial charge < -0.3 is 9.53 Å². The molecule has 0 amide bonds. The summed E-state index contributed by atoms with van der Waals surface area (Å²) in [7, 11) is 0. The molecule has 0 radical (unpaired) electrons. The predicted molar refractivity (Wildman–Crippen MR) is 57.5 cm³/mol. The molecular weight excluding hydrogens is 210 g/mol. The summed E-state index contributed by atoms with van der Waals surface area (Å²) in [5.41, 5.74) is 0.537. The number of hydrogen-bond acceptors (Lipinski definition) is 3. The molecule has 0 N–H and O–H groups in total. The zero-order valence-electron chi connectivity index (χ0n) is 8.82. The minimum atomic E-state index is -0.542. The second-order valence-corrected chi connectivity index (χ2v) is 3.19. The minimum absolute atomic E-state index is 0.0123. The molecular formula is C12H13FO3. The first-order chi connectivity index (χ1) is 7.77. The highest BCUT2D eigenvalue weighted by molar-refractivity contribution is 5.96. The smallest absolute Gasteiger partial charge is 0.163 e. The van der Waals surface area contributed by atoms with Crippen molar-refractivity contribution < 1.29 is 18.7 Å².